The van der Waals surface area contributed by atoms with Gasteiger partial charge in [0.05, 0.1) is 5.92 Å². The molecule has 0 radical (unpaired) electrons. The first-order chi connectivity index (χ1) is 8.72. The van der Waals surface area contributed by atoms with Crippen molar-refractivity contribution >= 4 is 27.6 Å². The molecule has 0 amide bonds. The Kier molecular flexibility index (Phi) is 13.7. The lowest BCUT2D eigenvalue weighted by molar-refractivity contribution is -0.142. The number of unbranched alkanes of at least 4 members (excludes halogenated alkanes) is 4. The maximum atomic E-state index is 11.1. The first kappa shape index (κ1) is 18.2. The number of hydrogen-bond acceptors (Lipinski definition) is 3. The lowest BCUT2D eigenvalue weighted by Gasteiger charge is -2.11. The monoisotopic (exact) mass is 292 g/mol. The van der Waals surface area contributed by atoms with Gasteiger partial charge in [-0.15, -0.1) is 0 Å². The van der Waals surface area contributed by atoms with Gasteiger partial charge in [-0.05, 0) is 19.3 Å². The minimum absolute atomic E-state index is 0.124. The molecule has 0 rings (SSSR count). The van der Waals surface area contributed by atoms with Crippen molar-refractivity contribution < 1.29 is 9.90 Å². The van der Waals surface area contributed by atoms with Crippen LogP contribution in [0.2, 0.25) is 0 Å². The van der Waals surface area contributed by atoms with E-state index in [0.717, 1.165) is 25.0 Å². The molecular formula is C14H28O2S2. The van der Waals surface area contributed by atoms with Crippen molar-refractivity contribution in [2.75, 3.05) is 11.5 Å². The van der Waals surface area contributed by atoms with Crippen LogP contribution in [0.25, 0.3) is 0 Å². The molecule has 0 fully saturated rings. The molecule has 1 unspecified atom stereocenters. The quantitative estimate of drug-likeness (QED) is 0.372. The maximum Gasteiger partial charge on any atom is 0.306 e. The van der Waals surface area contributed by atoms with Crippen molar-refractivity contribution in [3.05, 3.63) is 0 Å². The van der Waals surface area contributed by atoms with Crippen LogP contribution in [0.4, 0.5) is 0 Å². The van der Waals surface area contributed by atoms with Gasteiger partial charge in [0, 0.05) is 11.5 Å². The summed E-state index contributed by atoms with van der Waals surface area (Å²) in [7, 11) is 3.72. The SMILES string of the molecule is CCCCCCC(CCSSCCCC)C(=O)O. The van der Waals surface area contributed by atoms with Gasteiger partial charge in [-0.3, -0.25) is 4.79 Å². The van der Waals surface area contributed by atoms with Gasteiger partial charge in [-0.1, -0.05) is 67.5 Å². The molecule has 0 bridgehead atoms. The summed E-state index contributed by atoms with van der Waals surface area (Å²) >= 11 is 0. The molecular weight excluding hydrogens is 264 g/mol. The Hall–Kier alpha value is 0.170. The van der Waals surface area contributed by atoms with Crippen LogP contribution < -0.4 is 0 Å². The summed E-state index contributed by atoms with van der Waals surface area (Å²) in [6.07, 6.45) is 8.87. The number of hydrogen-bond donors (Lipinski definition) is 1. The van der Waals surface area contributed by atoms with Crippen molar-refractivity contribution in [2.45, 2.75) is 65.2 Å². The second-order valence-electron chi connectivity index (χ2n) is 4.67. The molecule has 4 heteroatoms. The van der Waals surface area contributed by atoms with Gasteiger partial charge in [-0.25, -0.2) is 0 Å². The minimum atomic E-state index is -0.606. The normalized spacial score (nSPS) is 12.6. The van der Waals surface area contributed by atoms with Crippen LogP contribution in [0.3, 0.4) is 0 Å². The van der Waals surface area contributed by atoms with E-state index in [1.165, 1.54) is 37.9 Å². The zero-order valence-corrected chi connectivity index (χ0v) is 13.5. The van der Waals surface area contributed by atoms with E-state index in [1.807, 2.05) is 21.6 Å². The van der Waals surface area contributed by atoms with Crippen molar-refractivity contribution in [2.24, 2.45) is 5.92 Å². The molecule has 0 saturated heterocycles. The third-order valence-electron chi connectivity index (χ3n) is 2.97. The molecule has 18 heavy (non-hydrogen) atoms. The number of carbonyl (C=O) groups is 1. The van der Waals surface area contributed by atoms with Gasteiger partial charge in [0.25, 0.3) is 0 Å². The molecule has 0 aliphatic carbocycles. The predicted molar refractivity (Wildman–Crippen MR) is 84.3 cm³/mol. The first-order valence-electron chi connectivity index (χ1n) is 7.19. The maximum absolute atomic E-state index is 11.1. The summed E-state index contributed by atoms with van der Waals surface area (Å²) in [5.41, 5.74) is 0. The van der Waals surface area contributed by atoms with E-state index >= 15 is 0 Å². The largest absolute Gasteiger partial charge is 0.481 e. The highest BCUT2D eigenvalue weighted by molar-refractivity contribution is 8.76. The van der Waals surface area contributed by atoms with Crippen LogP contribution in [0, 0.1) is 5.92 Å². The van der Waals surface area contributed by atoms with E-state index < -0.39 is 5.97 Å². The van der Waals surface area contributed by atoms with Crippen LogP contribution >= 0.6 is 21.6 Å². The molecule has 2 nitrogen and oxygen atoms in total. The second-order valence-corrected chi connectivity index (χ2v) is 7.37. The van der Waals surface area contributed by atoms with Crippen LogP contribution in [0.5, 0.6) is 0 Å². The van der Waals surface area contributed by atoms with Gasteiger partial charge >= 0.3 is 5.97 Å². The van der Waals surface area contributed by atoms with E-state index in [1.54, 1.807) is 0 Å². The van der Waals surface area contributed by atoms with E-state index in [-0.39, 0.29) is 5.92 Å². The van der Waals surface area contributed by atoms with E-state index in [0.29, 0.717) is 0 Å². The standard InChI is InChI=1S/C14H28O2S2/c1-3-5-7-8-9-13(14(15)16)10-12-18-17-11-6-4-2/h13H,3-12H2,1-2H3,(H,15,16). The van der Waals surface area contributed by atoms with Crippen LogP contribution in [-0.4, -0.2) is 22.6 Å². The van der Waals surface area contributed by atoms with Crippen molar-refractivity contribution in [1.82, 2.24) is 0 Å². The van der Waals surface area contributed by atoms with Gasteiger partial charge in [0.2, 0.25) is 0 Å². The lowest BCUT2D eigenvalue weighted by Crippen LogP contribution is -2.14. The average molecular weight is 293 g/mol. The smallest absolute Gasteiger partial charge is 0.306 e. The molecule has 108 valence electrons. The summed E-state index contributed by atoms with van der Waals surface area (Å²) in [6.45, 7) is 4.38. The van der Waals surface area contributed by atoms with E-state index in [4.69, 9.17) is 5.11 Å². The number of carboxylic acid groups (broad SMARTS) is 1. The van der Waals surface area contributed by atoms with Gasteiger partial charge in [0.15, 0.2) is 0 Å². The number of carboxylic acids is 1. The molecule has 1 atom stereocenters. The second kappa shape index (κ2) is 13.6. The fourth-order valence-corrected chi connectivity index (χ4v) is 4.09. The fraction of sp³-hybridized carbons (Fsp3) is 0.929. The van der Waals surface area contributed by atoms with Gasteiger partial charge < -0.3 is 5.11 Å². The predicted octanol–water partition coefficient (Wildman–Crippen LogP) is 5.23. The Bertz CT molecular complexity index is 198. The number of aliphatic carboxylic acids is 1. The van der Waals surface area contributed by atoms with Crippen LogP contribution in [-0.2, 0) is 4.79 Å². The van der Waals surface area contributed by atoms with E-state index in [2.05, 4.69) is 13.8 Å². The van der Waals surface area contributed by atoms with Gasteiger partial charge in [0.1, 0.15) is 0 Å². The molecule has 1 N–H and O–H groups in total. The van der Waals surface area contributed by atoms with Crippen molar-refractivity contribution in [1.29, 1.82) is 0 Å². The fourth-order valence-electron chi connectivity index (χ4n) is 1.72. The Labute approximate surface area is 120 Å². The Balaban J connectivity index is 3.54. The zero-order chi connectivity index (χ0) is 13.6. The highest BCUT2D eigenvalue weighted by Gasteiger charge is 2.16. The van der Waals surface area contributed by atoms with Gasteiger partial charge in [-0.2, -0.15) is 0 Å². The third-order valence-corrected chi connectivity index (χ3v) is 5.49. The summed E-state index contributed by atoms with van der Waals surface area (Å²) < 4.78 is 0. The van der Waals surface area contributed by atoms with E-state index in [9.17, 15) is 4.79 Å². The summed E-state index contributed by atoms with van der Waals surface area (Å²) in [5.74, 6) is 1.43. The topological polar surface area (TPSA) is 37.3 Å². The lowest BCUT2D eigenvalue weighted by atomic mass is 9.98. The molecule has 0 spiro atoms. The molecule has 0 aromatic carbocycles. The first-order valence-corrected chi connectivity index (χ1v) is 9.68. The Morgan fingerprint density at radius 1 is 0.944 bits per heavy atom. The highest BCUT2D eigenvalue weighted by Crippen LogP contribution is 2.26. The summed E-state index contributed by atoms with van der Waals surface area (Å²) in [4.78, 5) is 11.1. The zero-order valence-electron chi connectivity index (χ0n) is 11.8. The average Bonchev–Trinajstić information content (AvgIpc) is 2.35. The molecule has 0 aliphatic rings. The summed E-state index contributed by atoms with van der Waals surface area (Å²) in [6, 6.07) is 0. The molecule has 0 saturated carbocycles. The molecule has 0 aromatic rings. The molecule has 0 aromatic heterocycles. The third kappa shape index (κ3) is 11.3. The Morgan fingerprint density at radius 2 is 1.61 bits per heavy atom. The summed E-state index contributed by atoms with van der Waals surface area (Å²) in [5, 5.41) is 9.15. The van der Waals surface area contributed by atoms with Crippen LogP contribution in [0.1, 0.15) is 65.2 Å². The van der Waals surface area contributed by atoms with Crippen molar-refractivity contribution in [3.8, 4) is 0 Å². The van der Waals surface area contributed by atoms with Crippen molar-refractivity contribution in [3.63, 3.8) is 0 Å². The minimum Gasteiger partial charge on any atom is -0.481 e. The molecule has 0 aliphatic heterocycles. The Morgan fingerprint density at radius 3 is 2.22 bits per heavy atom. The molecule has 0 heterocycles. The highest BCUT2D eigenvalue weighted by atomic mass is 33.1. The number of rotatable bonds is 13. The van der Waals surface area contributed by atoms with Crippen LogP contribution in [0.15, 0.2) is 0 Å².